The van der Waals surface area contributed by atoms with E-state index >= 15 is 0 Å². The lowest BCUT2D eigenvalue weighted by Crippen LogP contribution is -2.36. The third kappa shape index (κ3) is 4.04. The molecule has 0 aliphatic carbocycles. The van der Waals surface area contributed by atoms with Crippen molar-refractivity contribution in [2.24, 2.45) is 0 Å². The predicted octanol–water partition coefficient (Wildman–Crippen LogP) is 1.69. The van der Waals surface area contributed by atoms with Crippen LogP contribution >= 0.6 is 0 Å². The van der Waals surface area contributed by atoms with E-state index in [9.17, 15) is 4.79 Å². The number of fused-ring (bicyclic) bond motifs is 1. The van der Waals surface area contributed by atoms with Crippen molar-refractivity contribution in [3.8, 4) is 0 Å². The van der Waals surface area contributed by atoms with Crippen LogP contribution in [0.25, 0.3) is 0 Å². The zero-order valence-electron chi connectivity index (χ0n) is 16.1. The molecule has 0 unspecified atom stereocenters. The Kier molecular flexibility index (Phi) is 5.90. The molecule has 2 aromatic rings. The van der Waals surface area contributed by atoms with E-state index in [1.807, 2.05) is 28.9 Å². The molecule has 8 heteroatoms. The molecule has 0 saturated carbocycles. The van der Waals surface area contributed by atoms with E-state index in [4.69, 9.17) is 14.2 Å². The van der Waals surface area contributed by atoms with Gasteiger partial charge in [-0.3, -0.25) is 9.48 Å². The van der Waals surface area contributed by atoms with Crippen molar-refractivity contribution in [2.45, 2.75) is 19.6 Å². The highest BCUT2D eigenvalue weighted by atomic mass is 16.5. The van der Waals surface area contributed by atoms with Crippen LogP contribution < -0.4 is 10.2 Å². The van der Waals surface area contributed by atoms with Crippen LogP contribution in [0.2, 0.25) is 0 Å². The summed E-state index contributed by atoms with van der Waals surface area (Å²) in [5.74, 6) is -0.211. The molecule has 28 heavy (non-hydrogen) atoms. The lowest BCUT2D eigenvalue weighted by atomic mass is 10.1. The maximum absolute atomic E-state index is 12.9. The van der Waals surface area contributed by atoms with Crippen molar-refractivity contribution in [1.29, 1.82) is 0 Å². The van der Waals surface area contributed by atoms with Crippen LogP contribution in [0.5, 0.6) is 0 Å². The zero-order valence-corrected chi connectivity index (χ0v) is 16.1. The topological polar surface area (TPSA) is 77.9 Å². The number of carbonyl (C=O) groups excluding carboxylic acids is 1. The van der Waals surface area contributed by atoms with E-state index < -0.39 is 0 Å². The monoisotopic (exact) mass is 386 g/mol. The van der Waals surface area contributed by atoms with E-state index in [2.05, 4.69) is 15.3 Å². The van der Waals surface area contributed by atoms with Crippen molar-refractivity contribution in [3.63, 3.8) is 0 Å². The molecule has 1 saturated heterocycles. The molecular formula is C20H26N4O4. The lowest BCUT2D eigenvalue weighted by Gasteiger charge is -2.28. The average molecular weight is 386 g/mol. The molecule has 0 atom stereocenters. The van der Waals surface area contributed by atoms with E-state index in [1.54, 1.807) is 7.11 Å². The first-order chi connectivity index (χ1) is 13.8. The summed E-state index contributed by atoms with van der Waals surface area (Å²) < 4.78 is 18.0. The minimum absolute atomic E-state index is 0.211. The summed E-state index contributed by atoms with van der Waals surface area (Å²) in [5, 5.41) is 7.50. The highest BCUT2D eigenvalue weighted by Gasteiger charge is 2.25. The molecule has 1 aromatic heterocycles. The van der Waals surface area contributed by atoms with Crippen molar-refractivity contribution < 1.29 is 19.0 Å². The third-order valence-electron chi connectivity index (χ3n) is 5.12. The molecule has 3 heterocycles. The molecule has 0 spiro atoms. The second kappa shape index (κ2) is 8.72. The zero-order chi connectivity index (χ0) is 19.3. The van der Waals surface area contributed by atoms with E-state index in [-0.39, 0.29) is 5.91 Å². The van der Waals surface area contributed by atoms with Gasteiger partial charge in [0, 0.05) is 49.3 Å². The highest BCUT2D eigenvalue weighted by Crippen LogP contribution is 2.23. The molecule has 2 aliphatic heterocycles. The Labute approximate surface area is 164 Å². The molecule has 1 N–H and O–H groups in total. The molecule has 150 valence electrons. The van der Waals surface area contributed by atoms with Gasteiger partial charge in [-0.05, 0) is 24.3 Å². The summed E-state index contributed by atoms with van der Waals surface area (Å²) in [5.41, 5.74) is 4.26. The Morgan fingerprint density at radius 3 is 2.71 bits per heavy atom. The molecule has 1 amide bonds. The number of hydrogen-bond donors (Lipinski definition) is 1. The quantitative estimate of drug-likeness (QED) is 0.814. The van der Waals surface area contributed by atoms with E-state index in [1.165, 1.54) is 0 Å². The summed E-state index contributed by atoms with van der Waals surface area (Å²) in [6.45, 7) is 5.51. The third-order valence-corrected chi connectivity index (χ3v) is 5.12. The normalized spacial score (nSPS) is 16.7. The maximum Gasteiger partial charge on any atom is 0.276 e. The van der Waals surface area contributed by atoms with Gasteiger partial charge in [-0.25, -0.2) is 0 Å². The molecule has 0 bridgehead atoms. The number of rotatable bonds is 6. The smallest absolute Gasteiger partial charge is 0.276 e. The number of anilines is 2. The minimum Gasteiger partial charge on any atom is -0.383 e. The van der Waals surface area contributed by atoms with Crippen LogP contribution in [0.3, 0.4) is 0 Å². The second-order valence-corrected chi connectivity index (χ2v) is 6.89. The first-order valence-electron chi connectivity index (χ1n) is 9.65. The van der Waals surface area contributed by atoms with Gasteiger partial charge in [0.15, 0.2) is 5.69 Å². The number of benzene rings is 1. The van der Waals surface area contributed by atoms with Crippen molar-refractivity contribution in [3.05, 3.63) is 41.2 Å². The lowest BCUT2D eigenvalue weighted by molar-refractivity contribution is 0.0983. The summed E-state index contributed by atoms with van der Waals surface area (Å²) in [6, 6.07) is 7.90. The number of nitrogens with zero attached hydrogens (tertiary/aromatic N) is 3. The summed E-state index contributed by atoms with van der Waals surface area (Å²) in [4.78, 5) is 15.1. The largest absolute Gasteiger partial charge is 0.383 e. The van der Waals surface area contributed by atoms with Gasteiger partial charge >= 0.3 is 0 Å². The van der Waals surface area contributed by atoms with E-state index in [0.717, 1.165) is 55.4 Å². The van der Waals surface area contributed by atoms with Crippen molar-refractivity contribution >= 4 is 17.3 Å². The summed E-state index contributed by atoms with van der Waals surface area (Å²) >= 11 is 0. The van der Waals surface area contributed by atoms with Gasteiger partial charge in [0.05, 0.1) is 39.6 Å². The molecule has 1 aromatic carbocycles. The maximum atomic E-state index is 12.9. The van der Waals surface area contributed by atoms with Crippen LogP contribution in [-0.2, 0) is 33.8 Å². The Morgan fingerprint density at radius 1 is 1.18 bits per heavy atom. The molecule has 1 fully saturated rings. The summed E-state index contributed by atoms with van der Waals surface area (Å²) in [7, 11) is 1.66. The fourth-order valence-corrected chi connectivity index (χ4v) is 3.62. The van der Waals surface area contributed by atoms with Crippen LogP contribution in [0.15, 0.2) is 24.3 Å². The Morgan fingerprint density at radius 2 is 1.96 bits per heavy atom. The molecule has 8 nitrogen and oxygen atoms in total. The van der Waals surface area contributed by atoms with Gasteiger partial charge < -0.3 is 24.4 Å². The number of ether oxygens (including phenoxy) is 3. The number of methoxy groups -OCH3 is 1. The van der Waals surface area contributed by atoms with E-state index in [0.29, 0.717) is 32.1 Å². The number of aromatic nitrogens is 2. The predicted molar refractivity (Wildman–Crippen MR) is 105 cm³/mol. The first-order valence-corrected chi connectivity index (χ1v) is 9.65. The minimum atomic E-state index is -0.211. The van der Waals surface area contributed by atoms with Crippen LogP contribution in [0.1, 0.15) is 21.7 Å². The number of morpholine rings is 1. The fraction of sp³-hybridized carbons (Fsp3) is 0.500. The number of nitrogens with one attached hydrogen (secondary N) is 1. The SMILES string of the molecule is COCCn1nc(C(=O)Nc2ccc(N3CCOCC3)cc2)c2c1CCOC2. The fourth-order valence-electron chi connectivity index (χ4n) is 3.62. The van der Waals surface area contributed by atoms with Gasteiger partial charge in [0.25, 0.3) is 5.91 Å². The molecule has 0 radical (unpaired) electrons. The Balaban J connectivity index is 1.48. The Hall–Kier alpha value is -2.42. The van der Waals surface area contributed by atoms with Crippen molar-refractivity contribution in [2.75, 3.05) is 56.8 Å². The van der Waals surface area contributed by atoms with Gasteiger partial charge in [-0.15, -0.1) is 0 Å². The highest BCUT2D eigenvalue weighted by molar-refractivity contribution is 6.04. The molecule has 2 aliphatic rings. The standard InChI is InChI=1S/C20H26N4O4/c1-26-11-9-24-18-6-10-28-14-17(18)19(22-24)20(25)21-15-2-4-16(5-3-15)23-7-12-27-13-8-23/h2-5H,6-14H2,1H3,(H,21,25). The van der Waals surface area contributed by atoms with Crippen LogP contribution in [0.4, 0.5) is 11.4 Å². The summed E-state index contributed by atoms with van der Waals surface area (Å²) in [6.07, 6.45) is 0.758. The van der Waals surface area contributed by atoms with Gasteiger partial charge in [0.1, 0.15) is 0 Å². The van der Waals surface area contributed by atoms with Gasteiger partial charge in [-0.1, -0.05) is 0 Å². The number of hydrogen-bond acceptors (Lipinski definition) is 6. The average Bonchev–Trinajstić information content (AvgIpc) is 3.12. The van der Waals surface area contributed by atoms with Crippen molar-refractivity contribution in [1.82, 2.24) is 9.78 Å². The van der Waals surface area contributed by atoms with Crippen LogP contribution in [0, 0.1) is 0 Å². The number of carbonyl (C=O) groups is 1. The molecule has 4 rings (SSSR count). The molecular weight excluding hydrogens is 360 g/mol. The Bertz CT molecular complexity index is 812. The second-order valence-electron chi connectivity index (χ2n) is 6.89. The van der Waals surface area contributed by atoms with Gasteiger partial charge in [-0.2, -0.15) is 5.10 Å². The first kappa shape index (κ1) is 18.9. The van der Waals surface area contributed by atoms with Gasteiger partial charge in [0.2, 0.25) is 0 Å². The number of amides is 1. The van der Waals surface area contributed by atoms with Crippen LogP contribution in [-0.4, -0.2) is 62.3 Å².